The number of nitrogens with one attached hydrogen (secondary N) is 2. The number of carbonyl (C=O) groups excluding carboxylic acids is 3. The Balaban J connectivity index is 0.000000170. The fourth-order valence-electron chi connectivity index (χ4n) is 5.86. The monoisotopic (exact) mass is 725 g/mol. The van der Waals surface area contributed by atoms with Gasteiger partial charge in [-0.25, -0.2) is 19.9 Å². The molecular formula is C44H35N7O4. The third-order valence-electron chi connectivity index (χ3n) is 8.81. The highest BCUT2D eigenvalue weighted by molar-refractivity contribution is 6.09. The summed E-state index contributed by atoms with van der Waals surface area (Å²) in [6.45, 7) is 4.21. The highest BCUT2D eigenvalue weighted by atomic mass is 16.5. The number of benzene rings is 3. The van der Waals surface area contributed by atoms with Crippen LogP contribution in [0.15, 0.2) is 144 Å². The van der Waals surface area contributed by atoms with E-state index in [0.29, 0.717) is 57.2 Å². The van der Waals surface area contributed by atoms with Crippen molar-refractivity contribution >= 4 is 39.7 Å². The Morgan fingerprint density at radius 1 is 0.582 bits per heavy atom. The summed E-state index contributed by atoms with van der Waals surface area (Å²) < 4.78 is 5.32. The van der Waals surface area contributed by atoms with Gasteiger partial charge in [0.15, 0.2) is 22.8 Å². The molecule has 11 heteroatoms. The summed E-state index contributed by atoms with van der Waals surface area (Å²) in [5.41, 5.74) is 7.47. The molecule has 270 valence electrons. The average molecular weight is 726 g/mol. The molecule has 5 aromatic heterocycles. The number of nitrogens with zero attached hydrogens (tertiary/aromatic N) is 5. The molecule has 3 aromatic carbocycles. The SMILES string of the molecule is Cc1nc2ncccc2cc1C(=O)NCc1cc(-c2ccccc2)no1.Cc1nc2ncccc2cc1C(=O)NCc1ccc(C(=O)c2ccccc2)cc1. The van der Waals surface area contributed by atoms with Gasteiger partial charge in [-0.15, -0.1) is 0 Å². The lowest BCUT2D eigenvalue weighted by Gasteiger charge is -2.09. The van der Waals surface area contributed by atoms with E-state index in [1.54, 1.807) is 56.6 Å². The summed E-state index contributed by atoms with van der Waals surface area (Å²) in [6, 6.07) is 39.0. The zero-order valence-electron chi connectivity index (χ0n) is 30.1. The minimum absolute atomic E-state index is 0.0207. The van der Waals surface area contributed by atoms with Crippen molar-refractivity contribution in [1.82, 2.24) is 35.7 Å². The van der Waals surface area contributed by atoms with Crippen LogP contribution in [0.1, 0.15) is 59.3 Å². The second-order valence-electron chi connectivity index (χ2n) is 12.6. The summed E-state index contributed by atoms with van der Waals surface area (Å²) in [4.78, 5) is 54.8. The van der Waals surface area contributed by atoms with Crippen molar-refractivity contribution in [1.29, 1.82) is 0 Å². The fourth-order valence-corrected chi connectivity index (χ4v) is 5.86. The molecular weight excluding hydrogens is 691 g/mol. The van der Waals surface area contributed by atoms with Crippen molar-refractivity contribution in [3.8, 4) is 11.3 Å². The van der Waals surface area contributed by atoms with E-state index >= 15 is 0 Å². The highest BCUT2D eigenvalue weighted by Crippen LogP contribution is 2.20. The summed E-state index contributed by atoms with van der Waals surface area (Å²) >= 11 is 0. The quantitative estimate of drug-likeness (QED) is 0.143. The fraction of sp³-hybridized carbons (Fsp3) is 0.0909. The molecule has 0 radical (unpaired) electrons. The minimum atomic E-state index is -0.210. The molecule has 0 unspecified atom stereocenters. The molecule has 8 rings (SSSR count). The van der Waals surface area contributed by atoms with E-state index in [-0.39, 0.29) is 24.1 Å². The zero-order valence-corrected chi connectivity index (χ0v) is 30.1. The zero-order chi connectivity index (χ0) is 38.1. The number of aromatic nitrogens is 5. The van der Waals surface area contributed by atoms with E-state index in [1.165, 1.54) is 0 Å². The molecule has 0 spiro atoms. The first-order chi connectivity index (χ1) is 26.8. The Kier molecular flexibility index (Phi) is 10.8. The van der Waals surface area contributed by atoms with Gasteiger partial charge in [-0.05, 0) is 55.8 Å². The Hall–Kier alpha value is -7.40. The average Bonchev–Trinajstić information content (AvgIpc) is 3.71. The molecule has 0 saturated carbocycles. The maximum absolute atomic E-state index is 12.6. The first kappa shape index (κ1) is 36.0. The van der Waals surface area contributed by atoms with E-state index in [2.05, 4.69) is 35.7 Å². The van der Waals surface area contributed by atoms with Crippen molar-refractivity contribution in [3.63, 3.8) is 0 Å². The van der Waals surface area contributed by atoms with Gasteiger partial charge < -0.3 is 15.2 Å². The third kappa shape index (κ3) is 8.64. The largest absolute Gasteiger partial charge is 0.359 e. The molecule has 2 N–H and O–H groups in total. The Labute approximate surface area is 316 Å². The molecule has 0 fully saturated rings. The smallest absolute Gasteiger partial charge is 0.253 e. The molecule has 2 amide bonds. The number of amides is 2. The number of pyridine rings is 4. The standard InChI is InChI=1S/C24H19N3O2.C20H16N4O2/c1-16-21(14-20-8-5-13-25-23(20)27-16)24(29)26-15-17-9-11-19(12-10-17)22(28)18-6-3-2-4-7-18;1-13-17(10-15-8-5-9-21-19(15)23-13)20(25)22-12-16-11-18(24-26-16)14-6-3-2-4-7-14/h2-14H,15H2,1H3,(H,26,29);2-11H,12H2,1H3,(H,22,25). The first-order valence-corrected chi connectivity index (χ1v) is 17.5. The van der Waals surface area contributed by atoms with E-state index in [0.717, 1.165) is 27.6 Å². The van der Waals surface area contributed by atoms with Crippen LogP contribution in [-0.2, 0) is 13.1 Å². The van der Waals surface area contributed by atoms with Crippen LogP contribution >= 0.6 is 0 Å². The number of hydrogen-bond acceptors (Lipinski definition) is 9. The summed E-state index contributed by atoms with van der Waals surface area (Å²) in [6.07, 6.45) is 3.36. The number of fused-ring (bicyclic) bond motifs is 2. The Morgan fingerprint density at radius 2 is 1.11 bits per heavy atom. The first-order valence-electron chi connectivity index (χ1n) is 17.5. The van der Waals surface area contributed by atoms with Crippen molar-refractivity contribution in [3.05, 3.63) is 185 Å². The van der Waals surface area contributed by atoms with E-state index < -0.39 is 0 Å². The number of hydrogen-bond donors (Lipinski definition) is 2. The van der Waals surface area contributed by atoms with Gasteiger partial charge in [0, 0.05) is 52.5 Å². The second kappa shape index (κ2) is 16.5. The number of ketones is 1. The van der Waals surface area contributed by atoms with Crippen LogP contribution in [-0.4, -0.2) is 42.7 Å². The van der Waals surface area contributed by atoms with Gasteiger partial charge in [-0.2, -0.15) is 0 Å². The van der Waals surface area contributed by atoms with Gasteiger partial charge in [-0.3, -0.25) is 14.4 Å². The van der Waals surface area contributed by atoms with Crippen LogP contribution in [0.2, 0.25) is 0 Å². The topological polar surface area (TPSA) is 153 Å². The molecule has 0 aliphatic rings. The normalized spacial score (nSPS) is 10.7. The Morgan fingerprint density at radius 3 is 1.69 bits per heavy atom. The molecule has 5 heterocycles. The van der Waals surface area contributed by atoms with Gasteiger partial charge in [0.2, 0.25) is 0 Å². The predicted octanol–water partition coefficient (Wildman–Crippen LogP) is 7.62. The Bertz CT molecular complexity index is 2630. The number of aryl methyl sites for hydroxylation is 2. The molecule has 0 atom stereocenters. The van der Waals surface area contributed by atoms with Crippen LogP contribution in [0.3, 0.4) is 0 Å². The van der Waals surface area contributed by atoms with Gasteiger partial charge in [0.1, 0.15) is 5.69 Å². The molecule has 0 saturated heterocycles. The van der Waals surface area contributed by atoms with Gasteiger partial charge in [0.25, 0.3) is 11.8 Å². The highest BCUT2D eigenvalue weighted by Gasteiger charge is 2.15. The molecule has 0 aliphatic carbocycles. The molecule has 0 bridgehead atoms. The van der Waals surface area contributed by atoms with Crippen LogP contribution in [0.5, 0.6) is 0 Å². The maximum atomic E-state index is 12.6. The lowest BCUT2D eigenvalue weighted by Crippen LogP contribution is -2.24. The maximum Gasteiger partial charge on any atom is 0.253 e. The number of carbonyl (C=O) groups is 3. The van der Waals surface area contributed by atoms with E-state index in [4.69, 9.17) is 4.52 Å². The van der Waals surface area contributed by atoms with Crippen LogP contribution in [0.4, 0.5) is 0 Å². The summed E-state index contributed by atoms with van der Waals surface area (Å²) in [7, 11) is 0. The van der Waals surface area contributed by atoms with E-state index in [1.807, 2.05) is 97.1 Å². The molecule has 11 nitrogen and oxygen atoms in total. The lowest BCUT2D eigenvalue weighted by atomic mass is 10.0. The van der Waals surface area contributed by atoms with Crippen LogP contribution in [0, 0.1) is 13.8 Å². The molecule has 8 aromatic rings. The van der Waals surface area contributed by atoms with Crippen LogP contribution in [0.25, 0.3) is 33.3 Å². The summed E-state index contributed by atoms with van der Waals surface area (Å²) in [5.74, 6) is 0.168. The van der Waals surface area contributed by atoms with Gasteiger partial charge in [0.05, 0.1) is 29.1 Å². The molecule has 55 heavy (non-hydrogen) atoms. The van der Waals surface area contributed by atoms with Crippen molar-refractivity contribution < 1.29 is 18.9 Å². The van der Waals surface area contributed by atoms with E-state index in [9.17, 15) is 14.4 Å². The molecule has 0 aliphatic heterocycles. The predicted molar refractivity (Wildman–Crippen MR) is 209 cm³/mol. The van der Waals surface area contributed by atoms with Gasteiger partial charge in [-0.1, -0.05) is 90.1 Å². The van der Waals surface area contributed by atoms with Crippen molar-refractivity contribution in [2.75, 3.05) is 0 Å². The van der Waals surface area contributed by atoms with Crippen LogP contribution < -0.4 is 10.6 Å². The third-order valence-corrected chi connectivity index (χ3v) is 8.81. The second-order valence-corrected chi connectivity index (χ2v) is 12.6. The minimum Gasteiger partial charge on any atom is -0.359 e. The lowest BCUT2D eigenvalue weighted by molar-refractivity contribution is 0.0940. The number of rotatable bonds is 9. The summed E-state index contributed by atoms with van der Waals surface area (Å²) in [5, 5.41) is 11.5. The van der Waals surface area contributed by atoms with Gasteiger partial charge >= 0.3 is 0 Å². The van der Waals surface area contributed by atoms with Crippen molar-refractivity contribution in [2.45, 2.75) is 26.9 Å². The van der Waals surface area contributed by atoms with Crippen molar-refractivity contribution in [2.24, 2.45) is 0 Å².